The van der Waals surface area contributed by atoms with E-state index in [-0.39, 0.29) is 29.4 Å². The number of hydrogen-bond donors (Lipinski definition) is 2. The summed E-state index contributed by atoms with van der Waals surface area (Å²) in [6.07, 6.45) is 0.895. The van der Waals surface area contributed by atoms with Gasteiger partial charge in [0.2, 0.25) is 5.91 Å². The Kier molecular flexibility index (Phi) is 6.79. The Labute approximate surface area is 179 Å². The fraction of sp³-hybridized carbons (Fsp3) is 0.400. The molecule has 1 aromatic heterocycles. The molecule has 0 bridgehead atoms. The second-order valence-corrected chi connectivity index (χ2v) is 10.4. The lowest BCUT2D eigenvalue weighted by atomic mass is 10.0. The Bertz CT molecular complexity index is 1050. The molecule has 1 aliphatic rings. The van der Waals surface area contributed by atoms with Crippen LogP contribution in [0.5, 0.6) is 5.75 Å². The van der Waals surface area contributed by atoms with Crippen LogP contribution in [0.1, 0.15) is 33.6 Å². The Morgan fingerprint density at radius 3 is 2.60 bits per heavy atom. The molecule has 1 aliphatic heterocycles. The first-order valence-electron chi connectivity index (χ1n) is 9.51. The Balaban J connectivity index is 1.61. The molecule has 0 fully saturated rings. The number of anilines is 1. The van der Waals surface area contributed by atoms with Crippen LogP contribution < -0.4 is 15.8 Å². The van der Waals surface area contributed by atoms with Crippen molar-refractivity contribution in [2.75, 3.05) is 31.8 Å². The van der Waals surface area contributed by atoms with Crippen LogP contribution in [-0.4, -0.2) is 51.6 Å². The fourth-order valence-electron chi connectivity index (χ4n) is 3.39. The fourth-order valence-corrected chi connectivity index (χ4v) is 6.05. The minimum absolute atomic E-state index is 0.0239. The van der Waals surface area contributed by atoms with Gasteiger partial charge >= 0.3 is 0 Å². The van der Waals surface area contributed by atoms with Crippen LogP contribution in [0.25, 0.3) is 0 Å². The highest BCUT2D eigenvalue weighted by atomic mass is 32.2. The number of primary amides is 1. The SMILES string of the molecule is COc1ccc(S(=O)(=O)CCCC(=O)Nc2sc3c(c2C(N)=O)CCN(C)C3)cc1. The maximum atomic E-state index is 12.4. The molecule has 0 radical (unpaired) electrons. The van der Waals surface area contributed by atoms with E-state index in [2.05, 4.69) is 10.2 Å². The van der Waals surface area contributed by atoms with Crippen molar-refractivity contribution >= 4 is 38.0 Å². The van der Waals surface area contributed by atoms with Crippen LogP contribution in [0.15, 0.2) is 29.2 Å². The van der Waals surface area contributed by atoms with Crippen LogP contribution in [0, 0.1) is 0 Å². The molecule has 0 saturated carbocycles. The molecule has 0 spiro atoms. The number of amides is 2. The van der Waals surface area contributed by atoms with Gasteiger partial charge < -0.3 is 20.7 Å². The van der Waals surface area contributed by atoms with Crippen molar-refractivity contribution in [3.63, 3.8) is 0 Å². The number of nitrogens with two attached hydrogens (primary N) is 1. The van der Waals surface area contributed by atoms with Crippen molar-refractivity contribution in [1.29, 1.82) is 0 Å². The van der Waals surface area contributed by atoms with E-state index >= 15 is 0 Å². The van der Waals surface area contributed by atoms with Crippen LogP contribution in [-0.2, 0) is 27.6 Å². The number of sulfone groups is 1. The van der Waals surface area contributed by atoms with Gasteiger partial charge in [0.15, 0.2) is 9.84 Å². The maximum Gasteiger partial charge on any atom is 0.251 e. The number of thiophene rings is 1. The Morgan fingerprint density at radius 2 is 1.97 bits per heavy atom. The van der Waals surface area contributed by atoms with Gasteiger partial charge in [0, 0.05) is 24.4 Å². The second kappa shape index (κ2) is 9.15. The number of nitrogens with zero attached hydrogens (tertiary/aromatic N) is 1. The number of methoxy groups -OCH3 is 1. The number of hydrogen-bond acceptors (Lipinski definition) is 7. The molecule has 0 saturated heterocycles. The number of fused-ring (bicyclic) bond motifs is 1. The average Bonchev–Trinajstić information content (AvgIpc) is 3.04. The van der Waals surface area contributed by atoms with E-state index in [4.69, 9.17) is 10.5 Å². The summed E-state index contributed by atoms with van der Waals surface area (Å²) in [5, 5.41) is 3.20. The van der Waals surface area contributed by atoms with Gasteiger partial charge in [-0.15, -0.1) is 11.3 Å². The molecule has 0 aliphatic carbocycles. The minimum atomic E-state index is -3.50. The first kappa shape index (κ1) is 22.3. The quantitative estimate of drug-likeness (QED) is 0.634. The predicted molar refractivity (Wildman–Crippen MR) is 116 cm³/mol. The molecule has 2 heterocycles. The monoisotopic (exact) mass is 451 g/mol. The van der Waals surface area contributed by atoms with Crippen molar-refractivity contribution in [2.24, 2.45) is 5.73 Å². The third kappa shape index (κ3) is 5.00. The smallest absolute Gasteiger partial charge is 0.251 e. The van der Waals surface area contributed by atoms with Crippen molar-refractivity contribution in [3.8, 4) is 5.75 Å². The first-order chi connectivity index (χ1) is 14.2. The summed E-state index contributed by atoms with van der Waals surface area (Å²) in [6, 6.07) is 6.14. The van der Waals surface area contributed by atoms with Crippen LogP contribution >= 0.6 is 11.3 Å². The van der Waals surface area contributed by atoms with Crippen LogP contribution in [0.2, 0.25) is 0 Å². The lowest BCUT2D eigenvalue weighted by Gasteiger charge is -2.22. The van der Waals surface area contributed by atoms with Gasteiger partial charge in [-0.05, 0) is 49.7 Å². The third-order valence-electron chi connectivity index (χ3n) is 4.98. The third-order valence-corrected chi connectivity index (χ3v) is 7.93. The van der Waals surface area contributed by atoms with Crippen LogP contribution in [0.3, 0.4) is 0 Å². The molecule has 10 heteroatoms. The van der Waals surface area contributed by atoms with E-state index in [1.54, 1.807) is 12.1 Å². The summed E-state index contributed by atoms with van der Waals surface area (Å²) >= 11 is 1.36. The van der Waals surface area contributed by atoms with E-state index in [1.807, 2.05) is 7.05 Å². The van der Waals surface area contributed by atoms with Gasteiger partial charge in [0.25, 0.3) is 5.91 Å². The molecule has 2 aromatic rings. The number of carbonyl (C=O) groups excluding carboxylic acids is 2. The van der Waals surface area contributed by atoms with Gasteiger partial charge in [-0.1, -0.05) is 0 Å². The summed E-state index contributed by atoms with van der Waals surface area (Å²) in [4.78, 5) is 27.7. The van der Waals surface area contributed by atoms with Gasteiger partial charge in [-0.25, -0.2) is 8.42 Å². The van der Waals surface area contributed by atoms with E-state index in [0.717, 1.165) is 17.0 Å². The summed E-state index contributed by atoms with van der Waals surface area (Å²) in [7, 11) is 0.00577. The van der Waals surface area contributed by atoms with E-state index in [9.17, 15) is 18.0 Å². The highest BCUT2D eigenvalue weighted by molar-refractivity contribution is 7.91. The summed E-state index contributed by atoms with van der Waals surface area (Å²) < 4.78 is 29.9. The Morgan fingerprint density at radius 1 is 1.27 bits per heavy atom. The van der Waals surface area contributed by atoms with Crippen molar-refractivity contribution in [1.82, 2.24) is 4.90 Å². The summed E-state index contributed by atoms with van der Waals surface area (Å²) in [6.45, 7) is 1.52. The van der Waals surface area contributed by atoms with Crippen LogP contribution in [0.4, 0.5) is 5.00 Å². The number of benzene rings is 1. The molecule has 8 nitrogen and oxygen atoms in total. The highest BCUT2D eigenvalue weighted by Gasteiger charge is 2.26. The summed E-state index contributed by atoms with van der Waals surface area (Å²) in [5.74, 6) is -0.478. The normalized spacial score (nSPS) is 14.2. The second-order valence-electron chi connectivity index (χ2n) is 7.21. The zero-order valence-corrected chi connectivity index (χ0v) is 18.6. The van der Waals surface area contributed by atoms with E-state index < -0.39 is 15.7 Å². The molecule has 162 valence electrons. The minimum Gasteiger partial charge on any atom is -0.497 e. The van der Waals surface area contributed by atoms with Crippen molar-refractivity contribution in [3.05, 3.63) is 40.3 Å². The van der Waals surface area contributed by atoms with Crippen molar-refractivity contribution in [2.45, 2.75) is 30.7 Å². The number of rotatable bonds is 8. The largest absolute Gasteiger partial charge is 0.497 e. The van der Waals surface area contributed by atoms with Gasteiger partial charge in [0.05, 0.1) is 23.3 Å². The molecule has 3 rings (SSSR count). The molecule has 2 amide bonds. The first-order valence-corrected chi connectivity index (χ1v) is 12.0. The lowest BCUT2D eigenvalue weighted by Crippen LogP contribution is -2.27. The average molecular weight is 452 g/mol. The standard InChI is InChI=1S/C20H25N3O5S2/c1-23-10-9-15-16(12-23)29-20(18(15)19(21)25)22-17(24)4-3-11-30(26,27)14-7-5-13(28-2)6-8-14/h5-8H,3-4,9-12H2,1-2H3,(H2,21,25)(H,22,24). The zero-order chi connectivity index (χ0) is 21.9. The Hall–Kier alpha value is -2.43. The lowest BCUT2D eigenvalue weighted by molar-refractivity contribution is -0.116. The van der Waals surface area contributed by atoms with Gasteiger partial charge in [0.1, 0.15) is 10.8 Å². The topological polar surface area (TPSA) is 119 Å². The number of likely N-dealkylation sites (N-methyl/N-ethyl adjacent to an activating group) is 1. The molecule has 0 atom stereocenters. The molecular formula is C20H25N3O5S2. The molecule has 0 unspecified atom stereocenters. The number of ether oxygens (including phenoxy) is 1. The van der Waals surface area contributed by atoms with Gasteiger partial charge in [-0.2, -0.15) is 0 Å². The molecule has 30 heavy (non-hydrogen) atoms. The molecule has 1 aromatic carbocycles. The van der Waals surface area contributed by atoms with Gasteiger partial charge in [-0.3, -0.25) is 9.59 Å². The van der Waals surface area contributed by atoms with E-state index in [1.165, 1.54) is 30.6 Å². The molecular weight excluding hydrogens is 426 g/mol. The predicted octanol–water partition coefficient (Wildman–Crippen LogP) is 2.04. The van der Waals surface area contributed by atoms with E-state index in [0.29, 0.717) is 29.3 Å². The highest BCUT2D eigenvalue weighted by Crippen LogP contribution is 2.36. The number of carbonyl (C=O) groups is 2. The molecule has 3 N–H and O–H groups in total. The summed E-state index contributed by atoms with van der Waals surface area (Å²) in [5.41, 5.74) is 6.83. The zero-order valence-electron chi connectivity index (χ0n) is 16.9. The number of nitrogens with one attached hydrogen (secondary N) is 1. The van der Waals surface area contributed by atoms with Crippen molar-refractivity contribution < 1.29 is 22.7 Å². The maximum absolute atomic E-state index is 12.4.